The van der Waals surface area contributed by atoms with Crippen molar-refractivity contribution in [3.05, 3.63) is 0 Å². The maximum Gasteiger partial charge on any atom is 0.391 e. The normalized spacial score (nSPS) is 14.7. The number of carbonyl (C=O) groups excluding carboxylic acids is 1. The number of nitrogens with two attached hydrogens (primary N) is 1. The van der Waals surface area contributed by atoms with Gasteiger partial charge in [0.05, 0.1) is 6.10 Å². The van der Waals surface area contributed by atoms with Crippen LogP contribution in [0.1, 0.15) is 13.8 Å². The summed E-state index contributed by atoms with van der Waals surface area (Å²) >= 11 is 0. The van der Waals surface area contributed by atoms with Crippen molar-refractivity contribution in [1.82, 2.24) is 0 Å². The van der Waals surface area contributed by atoms with E-state index in [2.05, 4.69) is 10.3 Å². The fourth-order valence-electron chi connectivity index (χ4n) is 0.327. The predicted octanol–water partition coefficient (Wildman–Crippen LogP) is 0.362. The Hall–Kier alpha value is -0.220. The maximum atomic E-state index is 10.4. The van der Waals surface area contributed by atoms with Gasteiger partial charge < -0.3 is 15.2 Å². The van der Waals surface area contributed by atoms with Crippen LogP contribution in [0.25, 0.3) is 0 Å². The Labute approximate surface area is 66.1 Å². The molecule has 0 saturated heterocycles. The summed E-state index contributed by atoms with van der Waals surface area (Å²) in [5, 5.41) is 0. The van der Waals surface area contributed by atoms with Gasteiger partial charge in [0.15, 0.2) is 0 Å². The van der Waals surface area contributed by atoms with E-state index in [1.807, 2.05) is 0 Å². The maximum absolute atomic E-state index is 10.4. The lowest BCUT2D eigenvalue weighted by molar-refractivity contribution is 0.213. The largest absolute Gasteiger partial charge is 0.391 e. The van der Waals surface area contributed by atoms with Gasteiger partial charge in [-0.25, -0.2) is 0 Å². The van der Waals surface area contributed by atoms with Gasteiger partial charge >= 0.3 is 7.60 Å². The van der Waals surface area contributed by atoms with E-state index in [4.69, 9.17) is 4.89 Å². The third-order valence-corrected chi connectivity index (χ3v) is 1.49. The average Bonchev–Trinajstić information content (AvgIpc) is 1.90. The van der Waals surface area contributed by atoms with Gasteiger partial charge in [0.25, 0.3) is 0 Å². The summed E-state index contributed by atoms with van der Waals surface area (Å²) in [7, 11) is -2.41. The Balaban J connectivity index is 0. The molecule has 0 bridgehead atoms. The standard InChI is InChI=1S/C4H9O4P.CH5N/c1-4(2)8-9(6,7)3-5;1-2/h3-4H,1-2H3,(H,6,7);2H2,1H3. The van der Waals surface area contributed by atoms with E-state index < -0.39 is 13.7 Å². The summed E-state index contributed by atoms with van der Waals surface area (Å²) in [6, 6.07) is -0.0764. The molecule has 0 aliphatic carbocycles. The molecule has 11 heavy (non-hydrogen) atoms. The summed E-state index contributed by atoms with van der Waals surface area (Å²) in [5.74, 6) is 0. The first-order chi connectivity index (χ1) is 4.98. The van der Waals surface area contributed by atoms with E-state index >= 15 is 0 Å². The Morgan fingerprint density at radius 1 is 1.55 bits per heavy atom. The molecule has 0 aromatic rings. The lowest BCUT2D eigenvalue weighted by atomic mass is 10.5. The van der Waals surface area contributed by atoms with Crippen LogP contribution in [0.5, 0.6) is 0 Å². The molecule has 0 spiro atoms. The minimum absolute atomic E-state index is 0.0764. The van der Waals surface area contributed by atoms with Gasteiger partial charge in [-0.3, -0.25) is 9.36 Å². The third-order valence-electron chi connectivity index (χ3n) is 0.495. The van der Waals surface area contributed by atoms with Crippen LogP contribution in [0.2, 0.25) is 0 Å². The van der Waals surface area contributed by atoms with Crippen LogP contribution in [0.15, 0.2) is 0 Å². The van der Waals surface area contributed by atoms with Gasteiger partial charge in [0.1, 0.15) is 0 Å². The quantitative estimate of drug-likeness (QED) is 0.487. The Morgan fingerprint density at radius 3 is 2.00 bits per heavy atom. The lowest BCUT2D eigenvalue weighted by Gasteiger charge is -2.07. The predicted molar refractivity (Wildman–Crippen MR) is 42.9 cm³/mol. The van der Waals surface area contributed by atoms with E-state index in [1.54, 1.807) is 13.8 Å². The zero-order chi connectivity index (χ0) is 9.49. The summed E-state index contributed by atoms with van der Waals surface area (Å²) in [4.78, 5) is 18.2. The van der Waals surface area contributed by atoms with Crippen molar-refractivity contribution in [3.8, 4) is 0 Å². The first kappa shape index (κ1) is 13.4. The van der Waals surface area contributed by atoms with Crippen molar-refractivity contribution in [2.45, 2.75) is 20.0 Å². The molecule has 6 heteroatoms. The van der Waals surface area contributed by atoms with Gasteiger partial charge in [-0.15, -0.1) is 0 Å². The summed E-state index contributed by atoms with van der Waals surface area (Å²) in [5.41, 5.74) is 4.50. The smallest absolute Gasteiger partial charge is 0.333 e. The van der Waals surface area contributed by atoms with Crippen molar-refractivity contribution in [2.24, 2.45) is 5.73 Å². The molecule has 0 radical (unpaired) electrons. The molecule has 1 unspecified atom stereocenters. The van der Waals surface area contributed by atoms with Gasteiger partial charge in [-0.05, 0) is 20.9 Å². The molecule has 0 rings (SSSR count). The number of carbonyl (C=O) groups is 1. The molecular formula is C5H14NO4P. The molecule has 0 aliphatic rings. The second-order valence-corrected chi connectivity index (χ2v) is 3.37. The van der Waals surface area contributed by atoms with E-state index in [1.165, 1.54) is 7.05 Å². The van der Waals surface area contributed by atoms with Crippen LogP contribution >= 0.6 is 7.60 Å². The van der Waals surface area contributed by atoms with E-state index in [-0.39, 0.29) is 6.03 Å². The molecule has 0 aromatic heterocycles. The topological polar surface area (TPSA) is 89.6 Å². The molecular weight excluding hydrogens is 169 g/mol. The monoisotopic (exact) mass is 183 g/mol. The molecule has 0 fully saturated rings. The molecule has 0 aliphatic heterocycles. The number of hydrogen-bond acceptors (Lipinski definition) is 4. The van der Waals surface area contributed by atoms with Crippen molar-refractivity contribution in [2.75, 3.05) is 7.05 Å². The highest BCUT2D eigenvalue weighted by Gasteiger charge is 2.18. The van der Waals surface area contributed by atoms with Gasteiger partial charge in [0, 0.05) is 0 Å². The Bertz CT molecular complexity index is 147. The van der Waals surface area contributed by atoms with Crippen LogP contribution < -0.4 is 5.73 Å². The molecule has 0 saturated carbocycles. The number of rotatable bonds is 3. The van der Waals surface area contributed by atoms with Gasteiger partial charge in [-0.2, -0.15) is 0 Å². The SMILES string of the molecule is CC(C)OP(=O)(O)C=O.CN. The van der Waals surface area contributed by atoms with Gasteiger partial charge in [0.2, 0.25) is 6.03 Å². The van der Waals surface area contributed by atoms with Crippen LogP contribution in [-0.4, -0.2) is 24.1 Å². The molecule has 0 heterocycles. The molecule has 3 N–H and O–H groups in total. The third kappa shape index (κ3) is 9.78. The highest BCUT2D eigenvalue weighted by atomic mass is 31.2. The molecule has 0 amide bonds. The highest BCUT2D eigenvalue weighted by Crippen LogP contribution is 2.38. The summed E-state index contributed by atoms with van der Waals surface area (Å²) in [6.45, 7) is 3.15. The minimum Gasteiger partial charge on any atom is -0.333 e. The van der Waals surface area contributed by atoms with Crippen molar-refractivity contribution < 1.29 is 18.8 Å². The van der Waals surface area contributed by atoms with E-state index in [0.29, 0.717) is 0 Å². The lowest BCUT2D eigenvalue weighted by Crippen LogP contribution is -1.99. The first-order valence-corrected chi connectivity index (χ1v) is 4.67. The van der Waals surface area contributed by atoms with Crippen molar-refractivity contribution >= 4 is 13.6 Å². The second-order valence-electron chi connectivity index (χ2n) is 1.82. The summed E-state index contributed by atoms with van der Waals surface area (Å²) < 4.78 is 14.7. The number of hydrogen-bond donors (Lipinski definition) is 2. The van der Waals surface area contributed by atoms with Crippen LogP contribution in [0.3, 0.4) is 0 Å². The first-order valence-electron chi connectivity index (χ1n) is 3.03. The van der Waals surface area contributed by atoms with Crippen LogP contribution in [0.4, 0.5) is 0 Å². The summed E-state index contributed by atoms with van der Waals surface area (Å²) in [6.07, 6.45) is -0.397. The fourth-order valence-corrected chi connectivity index (χ4v) is 0.981. The highest BCUT2D eigenvalue weighted by molar-refractivity contribution is 7.68. The zero-order valence-corrected chi connectivity index (χ0v) is 7.75. The van der Waals surface area contributed by atoms with E-state index in [0.717, 1.165) is 0 Å². The Morgan fingerprint density at radius 2 is 1.91 bits per heavy atom. The minimum atomic E-state index is -3.91. The average molecular weight is 183 g/mol. The Kier molecular flexibility index (Phi) is 7.89. The molecule has 0 aromatic carbocycles. The van der Waals surface area contributed by atoms with Crippen LogP contribution in [0, 0.1) is 0 Å². The van der Waals surface area contributed by atoms with E-state index in [9.17, 15) is 9.36 Å². The molecule has 1 atom stereocenters. The molecule has 5 nitrogen and oxygen atoms in total. The second kappa shape index (κ2) is 6.49. The zero-order valence-electron chi connectivity index (χ0n) is 6.85. The van der Waals surface area contributed by atoms with Crippen molar-refractivity contribution in [3.63, 3.8) is 0 Å². The fraction of sp³-hybridized carbons (Fsp3) is 0.800. The molecule has 68 valence electrons. The van der Waals surface area contributed by atoms with Crippen LogP contribution in [-0.2, 0) is 13.9 Å². The van der Waals surface area contributed by atoms with Gasteiger partial charge in [-0.1, -0.05) is 0 Å². The van der Waals surface area contributed by atoms with Crippen molar-refractivity contribution in [1.29, 1.82) is 0 Å².